The van der Waals surface area contributed by atoms with E-state index in [1.165, 1.54) is 5.56 Å². The Morgan fingerprint density at radius 1 is 0.972 bits per heavy atom. The predicted molar refractivity (Wildman–Crippen MR) is 138 cm³/mol. The van der Waals surface area contributed by atoms with E-state index in [0.717, 1.165) is 17.0 Å². The first kappa shape index (κ1) is 23.9. The summed E-state index contributed by atoms with van der Waals surface area (Å²) in [4.78, 5) is 54.0. The summed E-state index contributed by atoms with van der Waals surface area (Å²) in [5.41, 5.74) is 3.65. The monoisotopic (exact) mass is 546 g/mol. The molecule has 36 heavy (non-hydrogen) atoms. The molecule has 1 atom stereocenters. The largest absolute Gasteiger partial charge is 0.426 e. The van der Waals surface area contributed by atoms with Crippen LogP contribution in [0.1, 0.15) is 45.2 Å². The molecule has 0 aromatic heterocycles. The van der Waals surface area contributed by atoms with Crippen LogP contribution in [0.25, 0.3) is 0 Å². The molecule has 182 valence electrons. The number of hydrogen-bond acceptors (Lipinski definition) is 5. The highest BCUT2D eigenvalue weighted by Gasteiger charge is 2.38. The fourth-order valence-electron chi connectivity index (χ4n) is 4.60. The molecule has 0 unspecified atom stereocenters. The fourth-order valence-corrected chi connectivity index (χ4v) is 4.96. The van der Waals surface area contributed by atoms with Crippen molar-refractivity contribution in [2.24, 2.45) is 5.92 Å². The first-order valence-electron chi connectivity index (χ1n) is 11.7. The molecule has 3 amide bonds. The molecular weight excluding hydrogens is 524 g/mol. The van der Waals surface area contributed by atoms with Crippen LogP contribution in [0, 0.1) is 12.8 Å². The molecule has 0 N–H and O–H groups in total. The van der Waals surface area contributed by atoms with Gasteiger partial charge in [0.1, 0.15) is 5.75 Å². The van der Waals surface area contributed by atoms with Gasteiger partial charge in [-0.15, -0.1) is 0 Å². The lowest BCUT2D eigenvalue weighted by molar-refractivity contribution is -0.139. The maximum atomic E-state index is 12.9. The molecule has 3 aromatic rings. The SMILES string of the molecule is CCc1ccc(N2C[C@@H](C(=O)Oc3ccc(N4C(=O)c5ccc(Br)cc5C4=O)c(C)c3)CC2=O)cc1. The van der Waals surface area contributed by atoms with Crippen LogP contribution in [0.5, 0.6) is 5.75 Å². The summed E-state index contributed by atoms with van der Waals surface area (Å²) >= 11 is 3.33. The van der Waals surface area contributed by atoms with E-state index in [-0.39, 0.29) is 18.9 Å². The standard InChI is InChI=1S/C28H23BrN2O5/c1-3-17-4-7-20(8-5-17)30-15-18(13-25(30)32)28(35)36-21-9-11-24(16(2)12-21)31-26(33)22-10-6-19(29)14-23(22)27(31)34/h4-12,14,18H,3,13,15H2,1-2H3/t18-/m0/s1. The van der Waals surface area contributed by atoms with E-state index in [1.54, 1.807) is 48.2 Å². The van der Waals surface area contributed by atoms with Crippen molar-refractivity contribution < 1.29 is 23.9 Å². The van der Waals surface area contributed by atoms with Gasteiger partial charge in [-0.2, -0.15) is 0 Å². The summed E-state index contributed by atoms with van der Waals surface area (Å²) in [5.74, 6) is -1.71. The quantitative estimate of drug-likeness (QED) is 0.253. The van der Waals surface area contributed by atoms with Crippen molar-refractivity contribution in [1.82, 2.24) is 0 Å². The Morgan fingerprint density at radius 3 is 2.39 bits per heavy atom. The minimum Gasteiger partial charge on any atom is -0.426 e. The molecule has 0 bridgehead atoms. The molecular formula is C28H23BrN2O5. The molecule has 2 heterocycles. The molecule has 8 heteroatoms. The summed E-state index contributed by atoms with van der Waals surface area (Å²) in [6.45, 7) is 4.06. The molecule has 0 spiro atoms. The Labute approximate surface area is 216 Å². The van der Waals surface area contributed by atoms with E-state index in [9.17, 15) is 19.2 Å². The molecule has 3 aromatic carbocycles. The van der Waals surface area contributed by atoms with Crippen molar-refractivity contribution in [2.75, 3.05) is 16.3 Å². The summed E-state index contributed by atoms with van der Waals surface area (Å²) in [7, 11) is 0. The third kappa shape index (κ3) is 4.22. The molecule has 0 saturated carbocycles. The molecule has 2 aliphatic rings. The van der Waals surface area contributed by atoms with Gasteiger partial charge in [0.15, 0.2) is 0 Å². The van der Waals surface area contributed by atoms with Gasteiger partial charge in [0.05, 0.1) is 22.7 Å². The predicted octanol–water partition coefficient (Wildman–Crippen LogP) is 5.08. The number of ether oxygens (including phenoxy) is 1. The number of fused-ring (bicyclic) bond motifs is 1. The summed E-state index contributed by atoms with van der Waals surface area (Å²) in [5, 5.41) is 0. The van der Waals surface area contributed by atoms with Crippen molar-refractivity contribution in [1.29, 1.82) is 0 Å². The van der Waals surface area contributed by atoms with E-state index in [0.29, 0.717) is 32.6 Å². The van der Waals surface area contributed by atoms with Gasteiger partial charge in [-0.1, -0.05) is 35.0 Å². The third-order valence-electron chi connectivity index (χ3n) is 6.59. The van der Waals surface area contributed by atoms with Crippen LogP contribution in [0.4, 0.5) is 11.4 Å². The normalized spacial score (nSPS) is 17.1. The van der Waals surface area contributed by atoms with Gasteiger partial charge in [0, 0.05) is 23.1 Å². The Balaban J connectivity index is 1.29. The number of amides is 3. The van der Waals surface area contributed by atoms with Gasteiger partial charge < -0.3 is 9.64 Å². The first-order valence-corrected chi connectivity index (χ1v) is 12.5. The van der Waals surface area contributed by atoms with E-state index >= 15 is 0 Å². The van der Waals surface area contributed by atoms with Crippen molar-refractivity contribution >= 4 is 51.0 Å². The number of carbonyl (C=O) groups excluding carboxylic acids is 4. The summed E-state index contributed by atoms with van der Waals surface area (Å²) in [6, 6.07) is 17.5. The highest BCUT2D eigenvalue weighted by atomic mass is 79.9. The Kier molecular flexibility index (Phi) is 6.22. The molecule has 0 radical (unpaired) electrons. The van der Waals surface area contributed by atoms with Crippen molar-refractivity contribution in [3.05, 3.63) is 87.4 Å². The number of rotatable bonds is 5. The van der Waals surface area contributed by atoms with Gasteiger partial charge in [0.2, 0.25) is 5.91 Å². The highest BCUT2D eigenvalue weighted by Crippen LogP contribution is 2.34. The maximum absolute atomic E-state index is 12.9. The van der Waals surface area contributed by atoms with Crippen LogP contribution in [0.2, 0.25) is 0 Å². The fraction of sp³-hybridized carbons (Fsp3) is 0.214. The number of hydrogen-bond donors (Lipinski definition) is 0. The number of esters is 1. The number of benzene rings is 3. The van der Waals surface area contributed by atoms with Gasteiger partial charge in [-0.05, 0) is 73.0 Å². The Hall–Kier alpha value is -3.78. The van der Waals surface area contributed by atoms with E-state index in [1.807, 2.05) is 24.3 Å². The minimum absolute atomic E-state index is 0.0794. The summed E-state index contributed by atoms with van der Waals surface area (Å²) in [6.07, 6.45) is 0.988. The van der Waals surface area contributed by atoms with E-state index in [4.69, 9.17) is 4.74 Å². The lowest BCUT2D eigenvalue weighted by atomic mass is 10.1. The van der Waals surface area contributed by atoms with Crippen molar-refractivity contribution in [3.63, 3.8) is 0 Å². The number of imide groups is 1. The number of aryl methyl sites for hydroxylation is 2. The van der Waals surface area contributed by atoms with Crippen LogP contribution >= 0.6 is 15.9 Å². The molecule has 0 aliphatic carbocycles. The topological polar surface area (TPSA) is 84.0 Å². The zero-order valence-electron chi connectivity index (χ0n) is 19.8. The summed E-state index contributed by atoms with van der Waals surface area (Å²) < 4.78 is 6.30. The Bertz CT molecular complexity index is 1420. The second-order valence-corrected chi connectivity index (χ2v) is 9.85. The molecule has 5 rings (SSSR count). The van der Waals surface area contributed by atoms with Gasteiger partial charge in [-0.25, -0.2) is 4.90 Å². The molecule has 2 aliphatic heterocycles. The Morgan fingerprint density at radius 2 is 1.69 bits per heavy atom. The smallest absolute Gasteiger partial charge is 0.316 e. The van der Waals surface area contributed by atoms with Gasteiger partial charge in [-0.3, -0.25) is 19.2 Å². The zero-order valence-corrected chi connectivity index (χ0v) is 21.4. The van der Waals surface area contributed by atoms with Crippen LogP contribution in [-0.4, -0.2) is 30.2 Å². The minimum atomic E-state index is -0.585. The second kappa shape index (κ2) is 9.35. The van der Waals surface area contributed by atoms with Crippen LogP contribution < -0.4 is 14.5 Å². The number of carbonyl (C=O) groups is 4. The van der Waals surface area contributed by atoms with Crippen LogP contribution in [0.15, 0.2) is 65.1 Å². The van der Waals surface area contributed by atoms with Crippen LogP contribution in [-0.2, 0) is 16.0 Å². The second-order valence-electron chi connectivity index (χ2n) is 8.93. The molecule has 1 saturated heterocycles. The van der Waals surface area contributed by atoms with Crippen molar-refractivity contribution in [2.45, 2.75) is 26.7 Å². The number of nitrogens with zero attached hydrogens (tertiary/aromatic N) is 2. The van der Waals surface area contributed by atoms with E-state index in [2.05, 4.69) is 22.9 Å². The average Bonchev–Trinajstić information content (AvgIpc) is 3.37. The highest BCUT2D eigenvalue weighted by molar-refractivity contribution is 9.10. The number of halogens is 1. The van der Waals surface area contributed by atoms with Gasteiger partial charge >= 0.3 is 5.97 Å². The van der Waals surface area contributed by atoms with Gasteiger partial charge in [0.25, 0.3) is 11.8 Å². The first-order chi connectivity index (χ1) is 17.3. The van der Waals surface area contributed by atoms with Crippen LogP contribution in [0.3, 0.4) is 0 Å². The lowest BCUT2D eigenvalue weighted by Crippen LogP contribution is -2.30. The van der Waals surface area contributed by atoms with E-state index < -0.39 is 23.7 Å². The molecule has 1 fully saturated rings. The number of anilines is 2. The third-order valence-corrected chi connectivity index (χ3v) is 7.08. The average molecular weight is 547 g/mol. The zero-order chi connectivity index (χ0) is 25.6. The molecule has 7 nitrogen and oxygen atoms in total. The van der Waals surface area contributed by atoms with Crippen molar-refractivity contribution in [3.8, 4) is 5.75 Å². The lowest BCUT2D eigenvalue weighted by Gasteiger charge is -2.18. The maximum Gasteiger partial charge on any atom is 0.316 e.